The normalized spacial score (nSPS) is 9.30. The van der Waals surface area contributed by atoms with Gasteiger partial charge in [0.25, 0.3) is 0 Å². The zero-order valence-corrected chi connectivity index (χ0v) is 5.66. The molecule has 0 atom stereocenters. The van der Waals surface area contributed by atoms with Gasteiger partial charge < -0.3 is 4.74 Å². The Labute approximate surface area is 59.0 Å². The van der Waals surface area contributed by atoms with Gasteiger partial charge in [-0.15, -0.1) is 0 Å². The second-order valence-corrected chi connectivity index (χ2v) is 1.55. The molecule has 54 valence electrons. The molecule has 0 fully saturated rings. The first-order valence-corrected chi connectivity index (χ1v) is 2.67. The van der Waals surface area contributed by atoms with Crippen LogP contribution in [0.1, 0.15) is 6.92 Å². The monoisotopic (exact) mass is 140 g/mol. The van der Waals surface area contributed by atoms with E-state index in [-0.39, 0.29) is 5.78 Å². The van der Waals surface area contributed by atoms with Crippen molar-refractivity contribution in [3.05, 3.63) is 25.0 Å². The number of ether oxygens (including phenoxy) is 1. The Morgan fingerprint density at radius 1 is 1.40 bits per heavy atom. The lowest BCUT2D eigenvalue weighted by Crippen LogP contribution is -1.94. The maximum atomic E-state index is 10.4. The van der Waals surface area contributed by atoms with Gasteiger partial charge in [0.2, 0.25) is 0 Å². The molecule has 0 radical (unpaired) electrons. The molecule has 0 N–H and O–H groups in total. The summed E-state index contributed by atoms with van der Waals surface area (Å²) < 4.78 is 4.28. The van der Waals surface area contributed by atoms with Crippen molar-refractivity contribution in [3.63, 3.8) is 0 Å². The zero-order chi connectivity index (χ0) is 7.98. The highest BCUT2D eigenvalue weighted by Gasteiger charge is 1.91. The Morgan fingerprint density at radius 2 is 2.00 bits per heavy atom. The zero-order valence-electron chi connectivity index (χ0n) is 5.66. The first-order valence-electron chi connectivity index (χ1n) is 2.67. The van der Waals surface area contributed by atoms with E-state index < -0.39 is 5.97 Å². The Balaban J connectivity index is 3.77. The van der Waals surface area contributed by atoms with Crippen molar-refractivity contribution in [1.82, 2.24) is 0 Å². The van der Waals surface area contributed by atoms with E-state index in [4.69, 9.17) is 0 Å². The summed E-state index contributed by atoms with van der Waals surface area (Å²) in [6, 6.07) is 0. The van der Waals surface area contributed by atoms with Crippen LogP contribution < -0.4 is 0 Å². The maximum Gasteiger partial charge on any atom is 0.335 e. The highest BCUT2D eigenvalue weighted by atomic mass is 16.5. The molecule has 0 aromatic rings. The molecule has 10 heavy (non-hydrogen) atoms. The molecule has 0 aliphatic carbocycles. The Hall–Kier alpha value is -1.38. The molecule has 0 aliphatic heterocycles. The van der Waals surface area contributed by atoms with Crippen molar-refractivity contribution in [2.75, 3.05) is 0 Å². The molecule has 0 unspecified atom stereocenters. The van der Waals surface area contributed by atoms with E-state index in [1.165, 1.54) is 6.92 Å². The van der Waals surface area contributed by atoms with Crippen LogP contribution in [0.2, 0.25) is 0 Å². The fourth-order valence-electron chi connectivity index (χ4n) is 0.307. The average molecular weight is 140 g/mol. The van der Waals surface area contributed by atoms with Crippen molar-refractivity contribution in [2.24, 2.45) is 0 Å². The third kappa shape index (κ3) is 4.77. The molecule has 3 nitrogen and oxygen atoms in total. The molecule has 0 amide bonds. The first-order chi connectivity index (χ1) is 4.66. The first kappa shape index (κ1) is 8.62. The van der Waals surface area contributed by atoms with Crippen LogP contribution in [0.4, 0.5) is 0 Å². The quantitative estimate of drug-likeness (QED) is 0.331. The van der Waals surface area contributed by atoms with Crippen LogP contribution in [-0.2, 0) is 14.3 Å². The summed E-state index contributed by atoms with van der Waals surface area (Å²) in [5, 5.41) is 0. The van der Waals surface area contributed by atoms with Crippen LogP contribution in [0.15, 0.2) is 25.0 Å². The van der Waals surface area contributed by atoms with Crippen LogP contribution in [0.5, 0.6) is 0 Å². The number of carbonyl (C=O) groups excluding carboxylic acids is 2. The minimum Gasteiger partial charge on any atom is -0.432 e. The molecule has 0 aromatic carbocycles. The predicted molar refractivity (Wildman–Crippen MR) is 36.1 cm³/mol. The van der Waals surface area contributed by atoms with Crippen LogP contribution >= 0.6 is 0 Å². The van der Waals surface area contributed by atoms with Gasteiger partial charge in [-0.3, -0.25) is 4.79 Å². The largest absolute Gasteiger partial charge is 0.432 e. The highest BCUT2D eigenvalue weighted by Crippen LogP contribution is 1.81. The Morgan fingerprint density at radius 3 is 2.40 bits per heavy atom. The van der Waals surface area contributed by atoms with E-state index in [0.717, 1.165) is 18.4 Å². The topological polar surface area (TPSA) is 43.4 Å². The number of allylic oxidation sites excluding steroid dienone is 1. The second-order valence-electron chi connectivity index (χ2n) is 1.55. The fourth-order valence-corrected chi connectivity index (χ4v) is 0.307. The van der Waals surface area contributed by atoms with Gasteiger partial charge in [-0.2, -0.15) is 0 Å². The van der Waals surface area contributed by atoms with Gasteiger partial charge in [0, 0.05) is 6.08 Å². The third-order valence-electron chi connectivity index (χ3n) is 0.654. The van der Waals surface area contributed by atoms with Crippen molar-refractivity contribution < 1.29 is 14.3 Å². The molecule has 0 saturated heterocycles. The molecule has 0 saturated carbocycles. The van der Waals surface area contributed by atoms with Crippen LogP contribution in [0, 0.1) is 0 Å². The lowest BCUT2D eigenvalue weighted by atomic mass is 10.4. The van der Waals surface area contributed by atoms with Crippen molar-refractivity contribution >= 4 is 11.8 Å². The molecule has 3 heteroatoms. The fraction of sp³-hybridized carbons (Fsp3) is 0.143. The molecule has 0 heterocycles. The lowest BCUT2D eigenvalue weighted by molar-refractivity contribution is -0.132. The molecule has 0 spiro atoms. The number of rotatable bonds is 3. The van der Waals surface area contributed by atoms with E-state index in [9.17, 15) is 9.59 Å². The number of hydrogen-bond acceptors (Lipinski definition) is 3. The van der Waals surface area contributed by atoms with Gasteiger partial charge >= 0.3 is 5.97 Å². The van der Waals surface area contributed by atoms with Crippen LogP contribution in [0.3, 0.4) is 0 Å². The van der Waals surface area contributed by atoms with E-state index in [0.29, 0.717) is 0 Å². The minimum atomic E-state index is -0.592. The van der Waals surface area contributed by atoms with E-state index >= 15 is 0 Å². The molecular formula is C7H8O3. The summed E-state index contributed by atoms with van der Waals surface area (Å²) in [6.07, 6.45) is 3.18. The smallest absolute Gasteiger partial charge is 0.335 e. The summed E-state index contributed by atoms with van der Waals surface area (Å²) in [6.45, 7) is 4.51. The lowest BCUT2D eigenvalue weighted by Gasteiger charge is -1.87. The number of hydrogen-bond donors (Lipinski definition) is 0. The van der Waals surface area contributed by atoms with E-state index in [1.54, 1.807) is 0 Å². The summed E-state index contributed by atoms with van der Waals surface area (Å²) >= 11 is 0. The standard InChI is InChI=1S/C7H8O3/c1-3-10-7(9)5-4-6(2)8/h3-5H,1H2,2H3. The SMILES string of the molecule is C=COC(=O)C=CC(C)=O. The summed E-state index contributed by atoms with van der Waals surface area (Å²) in [4.78, 5) is 20.6. The molecular weight excluding hydrogens is 132 g/mol. The van der Waals surface area contributed by atoms with Gasteiger partial charge in [-0.1, -0.05) is 6.58 Å². The Kier molecular flexibility index (Phi) is 3.87. The van der Waals surface area contributed by atoms with Gasteiger partial charge in [-0.25, -0.2) is 4.79 Å². The number of esters is 1. The molecule has 0 aromatic heterocycles. The van der Waals surface area contributed by atoms with Crippen LogP contribution in [-0.4, -0.2) is 11.8 Å². The molecule has 0 aliphatic rings. The van der Waals surface area contributed by atoms with Gasteiger partial charge in [-0.05, 0) is 13.0 Å². The third-order valence-corrected chi connectivity index (χ3v) is 0.654. The van der Waals surface area contributed by atoms with Gasteiger partial charge in [0.05, 0.1) is 6.26 Å². The predicted octanol–water partition coefficient (Wildman–Crippen LogP) is 0.818. The molecule has 0 bridgehead atoms. The van der Waals surface area contributed by atoms with Crippen molar-refractivity contribution in [3.8, 4) is 0 Å². The maximum absolute atomic E-state index is 10.4. The van der Waals surface area contributed by atoms with Crippen molar-refractivity contribution in [2.45, 2.75) is 6.92 Å². The average Bonchev–Trinajstić information content (AvgIpc) is 1.85. The molecule has 0 rings (SSSR count). The highest BCUT2D eigenvalue weighted by molar-refractivity contribution is 5.94. The van der Waals surface area contributed by atoms with E-state index in [1.807, 2.05) is 0 Å². The summed E-state index contributed by atoms with van der Waals surface area (Å²) in [7, 11) is 0. The van der Waals surface area contributed by atoms with Crippen LogP contribution in [0.25, 0.3) is 0 Å². The summed E-state index contributed by atoms with van der Waals surface area (Å²) in [5.41, 5.74) is 0. The second kappa shape index (κ2) is 4.49. The Bertz CT molecular complexity index is 179. The number of carbonyl (C=O) groups is 2. The van der Waals surface area contributed by atoms with E-state index in [2.05, 4.69) is 11.3 Å². The number of ketones is 1. The minimum absolute atomic E-state index is 0.194. The van der Waals surface area contributed by atoms with Crippen molar-refractivity contribution in [1.29, 1.82) is 0 Å². The summed E-state index contributed by atoms with van der Waals surface area (Å²) in [5.74, 6) is -0.786. The van der Waals surface area contributed by atoms with Gasteiger partial charge in [0.15, 0.2) is 5.78 Å². The van der Waals surface area contributed by atoms with Gasteiger partial charge in [0.1, 0.15) is 0 Å².